The second kappa shape index (κ2) is 9.78. The van der Waals surface area contributed by atoms with E-state index in [1.807, 2.05) is 31.2 Å². The van der Waals surface area contributed by atoms with Crippen molar-refractivity contribution in [3.63, 3.8) is 0 Å². The molecule has 0 spiro atoms. The van der Waals surface area contributed by atoms with Crippen LogP contribution in [0.15, 0.2) is 42.5 Å². The van der Waals surface area contributed by atoms with E-state index in [-0.39, 0.29) is 28.8 Å². The average Bonchev–Trinajstić information content (AvgIpc) is 2.73. The van der Waals surface area contributed by atoms with Gasteiger partial charge in [0, 0.05) is 26.2 Å². The smallest absolute Gasteiger partial charge is 0.312 e. The summed E-state index contributed by atoms with van der Waals surface area (Å²) < 4.78 is 13.2. The van der Waals surface area contributed by atoms with Crippen molar-refractivity contribution in [2.45, 2.75) is 19.4 Å². The minimum absolute atomic E-state index is 0.0575. The number of amides is 4. The third-order valence-electron chi connectivity index (χ3n) is 5.34. The molecular weight excluding hydrogens is 423 g/mol. The van der Waals surface area contributed by atoms with Crippen molar-refractivity contribution in [3.8, 4) is 0 Å². The van der Waals surface area contributed by atoms with Gasteiger partial charge in [-0.2, -0.15) is 0 Å². The van der Waals surface area contributed by atoms with Crippen LogP contribution in [0.2, 0.25) is 5.02 Å². The van der Waals surface area contributed by atoms with Crippen LogP contribution in [0.3, 0.4) is 0 Å². The molecule has 0 bridgehead atoms. The van der Waals surface area contributed by atoms with Crippen LogP contribution in [0.4, 0.5) is 9.18 Å². The summed E-state index contributed by atoms with van der Waals surface area (Å²) in [6.07, 6.45) is 0.0610. The van der Waals surface area contributed by atoms with Crippen molar-refractivity contribution < 1.29 is 18.8 Å². The molecule has 1 aliphatic rings. The molecule has 1 heterocycles. The summed E-state index contributed by atoms with van der Waals surface area (Å²) in [6, 6.07) is 9.89. The van der Waals surface area contributed by atoms with Gasteiger partial charge in [0.15, 0.2) is 0 Å². The van der Waals surface area contributed by atoms with Crippen molar-refractivity contribution in [2.24, 2.45) is 5.73 Å². The Hall–Kier alpha value is -3.13. The van der Waals surface area contributed by atoms with Crippen LogP contribution in [0.5, 0.6) is 0 Å². The van der Waals surface area contributed by atoms with E-state index in [1.54, 1.807) is 9.80 Å². The number of piperazine rings is 1. The minimum Gasteiger partial charge on any atom is -0.352 e. The molecule has 1 unspecified atom stereocenters. The van der Waals surface area contributed by atoms with E-state index in [9.17, 15) is 18.8 Å². The number of hydrogen-bond acceptors (Lipinski definition) is 3. The fraction of sp³-hybridized carbons (Fsp3) is 0.318. The van der Waals surface area contributed by atoms with Gasteiger partial charge in [0.25, 0.3) is 5.91 Å². The van der Waals surface area contributed by atoms with E-state index >= 15 is 0 Å². The number of nitrogens with two attached hydrogens (primary N) is 1. The van der Waals surface area contributed by atoms with E-state index in [2.05, 4.69) is 5.32 Å². The lowest BCUT2D eigenvalue weighted by molar-refractivity contribution is -0.133. The number of primary amides is 1. The zero-order valence-corrected chi connectivity index (χ0v) is 17.9. The predicted molar refractivity (Wildman–Crippen MR) is 115 cm³/mol. The van der Waals surface area contributed by atoms with Crippen LogP contribution >= 0.6 is 11.6 Å². The number of nitrogens with zero attached hydrogens (tertiary/aromatic N) is 2. The first-order valence-electron chi connectivity index (χ1n) is 9.90. The third-order valence-corrected chi connectivity index (χ3v) is 5.65. The molecule has 4 amide bonds. The van der Waals surface area contributed by atoms with Crippen molar-refractivity contribution in [1.82, 2.24) is 15.1 Å². The van der Waals surface area contributed by atoms with Crippen LogP contribution < -0.4 is 11.1 Å². The van der Waals surface area contributed by atoms with Gasteiger partial charge in [-0.25, -0.2) is 9.18 Å². The number of carbonyl (C=O) groups is 3. The maximum Gasteiger partial charge on any atom is 0.312 e. The first-order chi connectivity index (χ1) is 14.8. The molecule has 164 valence electrons. The van der Waals surface area contributed by atoms with Crippen LogP contribution in [0, 0.1) is 12.7 Å². The van der Waals surface area contributed by atoms with E-state index in [4.69, 9.17) is 17.3 Å². The molecule has 1 atom stereocenters. The standard InChI is InChI=1S/C22H24ClFN4O3/c1-14-4-2-3-5-16(14)19(26-22(25)31)13-20(29)27-8-10-28(11-9-27)21(30)17-7-6-15(24)12-18(17)23/h2-7,12,19H,8-11,13H2,1H3,(H3,25,26,31). The van der Waals surface area contributed by atoms with E-state index in [1.165, 1.54) is 12.1 Å². The summed E-state index contributed by atoms with van der Waals surface area (Å²) in [6.45, 7) is 3.26. The molecule has 31 heavy (non-hydrogen) atoms. The molecular formula is C22H24ClFN4O3. The zero-order valence-electron chi connectivity index (χ0n) is 17.1. The Bertz CT molecular complexity index is 992. The number of nitrogens with one attached hydrogen (secondary N) is 1. The molecule has 2 aromatic carbocycles. The lowest BCUT2D eigenvalue weighted by atomic mass is 9.98. The molecule has 2 aromatic rings. The zero-order chi connectivity index (χ0) is 22.5. The van der Waals surface area contributed by atoms with Gasteiger partial charge in [0.2, 0.25) is 5.91 Å². The molecule has 0 saturated carbocycles. The summed E-state index contributed by atoms with van der Waals surface area (Å²) in [4.78, 5) is 40.3. The molecule has 3 rings (SSSR count). The van der Waals surface area contributed by atoms with Gasteiger partial charge in [0.1, 0.15) is 5.82 Å². The second-order valence-corrected chi connectivity index (χ2v) is 7.83. The normalized spacial score (nSPS) is 14.8. The van der Waals surface area contributed by atoms with Gasteiger partial charge in [-0.3, -0.25) is 9.59 Å². The Kier molecular flexibility index (Phi) is 7.12. The monoisotopic (exact) mass is 446 g/mol. The Morgan fingerprint density at radius 2 is 1.74 bits per heavy atom. The molecule has 9 heteroatoms. The summed E-state index contributed by atoms with van der Waals surface area (Å²) in [5.74, 6) is -0.955. The fourth-order valence-corrected chi connectivity index (χ4v) is 3.93. The molecule has 0 radical (unpaired) electrons. The van der Waals surface area contributed by atoms with Crippen LogP contribution in [-0.4, -0.2) is 53.8 Å². The van der Waals surface area contributed by atoms with Gasteiger partial charge < -0.3 is 20.9 Å². The Morgan fingerprint density at radius 1 is 1.10 bits per heavy atom. The highest BCUT2D eigenvalue weighted by Crippen LogP contribution is 2.23. The van der Waals surface area contributed by atoms with Gasteiger partial charge in [-0.1, -0.05) is 35.9 Å². The summed E-state index contributed by atoms with van der Waals surface area (Å²) in [5.41, 5.74) is 7.31. The molecule has 0 aliphatic carbocycles. The van der Waals surface area contributed by atoms with Gasteiger partial charge in [-0.05, 0) is 36.2 Å². The SMILES string of the molecule is Cc1ccccc1C(CC(=O)N1CCN(C(=O)c2ccc(F)cc2Cl)CC1)NC(N)=O. The largest absolute Gasteiger partial charge is 0.352 e. The van der Waals surface area contributed by atoms with E-state index < -0.39 is 17.9 Å². The van der Waals surface area contributed by atoms with Gasteiger partial charge in [0.05, 0.1) is 23.0 Å². The molecule has 3 N–H and O–H groups in total. The molecule has 1 aliphatic heterocycles. The quantitative estimate of drug-likeness (QED) is 0.739. The number of urea groups is 1. The molecule has 7 nitrogen and oxygen atoms in total. The number of halogens is 2. The topological polar surface area (TPSA) is 95.7 Å². The third kappa shape index (κ3) is 5.52. The highest BCUT2D eigenvalue weighted by atomic mass is 35.5. The van der Waals surface area contributed by atoms with Crippen molar-refractivity contribution in [2.75, 3.05) is 26.2 Å². The molecule has 1 saturated heterocycles. The lowest BCUT2D eigenvalue weighted by Gasteiger charge is -2.35. The maximum atomic E-state index is 13.2. The van der Waals surface area contributed by atoms with Crippen molar-refractivity contribution >= 4 is 29.4 Å². The van der Waals surface area contributed by atoms with Crippen molar-refractivity contribution in [1.29, 1.82) is 0 Å². The number of benzene rings is 2. The van der Waals surface area contributed by atoms with Crippen LogP contribution in [0.25, 0.3) is 0 Å². The van der Waals surface area contributed by atoms with Crippen LogP contribution in [0.1, 0.15) is 33.9 Å². The summed E-state index contributed by atoms with van der Waals surface area (Å²) in [7, 11) is 0. The number of carbonyl (C=O) groups excluding carboxylic acids is 3. The number of rotatable bonds is 5. The Morgan fingerprint density at radius 3 is 2.35 bits per heavy atom. The lowest BCUT2D eigenvalue weighted by Crippen LogP contribution is -2.51. The number of hydrogen-bond donors (Lipinski definition) is 2. The van der Waals surface area contributed by atoms with Gasteiger partial charge >= 0.3 is 6.03 Å². The Balaban J connectivity index is 1.63. The first kappa shape index (κ1) is 22.6. The van der Waals surface area contributed by atoms with Crippen molar-refractivity contribution in [3.05, 3.63) is 70.0 Å². The molecule has 0 aromatic heterocycles. The fourth-order valence-electron chi connectivity index (χ4n) is 3.68. The predicted octanol–water partition coefficient (Wildman–Crippen LogP) is 2.87. The number of aryl methyl sites for hydroxylation is 1. The summed E-state index contributed by atoms with van der Waals surface area (Å²) >= 11 is 6.00. The van der Waals surface area contributed by atoms with Gasteiger partial charge in [-0.15, -0.1) is 0 Å². The Labute approximate surface area is 184 Å². The molecule has 1 fully saturated rings. The van der Waals surface area contributed by atoms with E-state index in [0.717, 1.165) is 17.2 Å². The first-order valence-corrected chi connectivity index (χ1v) is 10.3. The maximum absolute atomic E-state index is 13.2. The van der Waals surface area contributed by atoms with E-state index in [0.29, 0.717) is 26.2 Å². The average molecular weight is 447 g/mol. The van der Waals surface area contributed by atoms with Crippen LogP contribution in [-0.2, 0) is 4.79 Å². The summed E-state index contributed by atoms with van der Waals surface area (Å²) in [5, 5.41) is 2.71. The highest BCUT2D eigenvalue weighted by molar-refractivity contribution is 6.33. The minimum atomic E-state index is -0.701. The highest BCUT2D eigenvalue weighted by Gasteiger charge is 2.28. The second-order valence-electron chi connectivity index (χ2n) is 7.42.